The Kier molecular flexibility index (Phi) is 9.07. The Morgan fingerprint density at radius 3 is 2.34 bits per heavy atom. The predicted octanol–water partition coefficient (Wildman–Crippen LogP) is 3.75. The molecule has 0 aromatic heterocycles. The number of para-hydroxylation sites is 1. The minimum absolute atomic E-state index is 0.00147. The van der Waals surface area contributed by atoms with E-state index in [9.17, 15) is 20.1 Å². The molecule has 0 heterocycles. The predicted molar refractivity (Wildman–Crippen MR) is 108 cm³/mol. The van der Waals surface area contributed by atoms with E-state index in [0.717, 1.165) is 19.3 Å². The number of nitrogens with one attached hydrogen (secondary N) is 1. The van der Waals surface area contributed by atoms with Crippen molar-refractivity contribution in [1.29, 1.82) is 0 Å². The Hall–Kier alpha value is -2.97. The van der Waals surface area contributed by atoms with Crippen LogP contribution in [0, 0.1) is 0 Å². The van der Waals surface area contributed by atoms with E-state index >= 15 is 0 Å². The molecule has 0 aliphatic heterocycles. The van der Waals surface area contributed by atoms with Crippen LogP contribution < -0.4 is 10.1 Å². The highest BCUT2D eigenvalue weighted by Crippen LogP contribution is 2.39. The third-order valence-electron chi connectivity index (χ3n) is 4.10. The summed E-state index contributed by atoms with van der Waals surface area (Å²) in [5, 5.41) is 32.5. The van der Waals surface area contributed by atoms with Gasteiger partial charge in [0.05, 0.1) is 31.1 Å². The smallest absolute Gasteiger partial charge is 0.337 e. The van der Waals surface area contributed by atoms with Crippen LogP contribution >= 0.6 is 0 Å². The molecule has 0 amide bonds. The monoisotopic (exact) mass is 405 g/mol. The van der Waals surface area contributed by atoms with Crippen LogP contribution in [0.15, 0.2) is 36.4 Å². The van der Waals surface area contributed by atoms with Gasteiger partial charge < -0.3 is 34.8 Å². The number of aromatic carboxylic acids is 1. The number of hydrogen-bond acceptors (Lipinski definition) is 7. The van der Waals surface area contributed by atoms with Crippen molar-refractivity contribution in [3.8, 4) is 17.2 Å². The highest BCUT2D eigenvalue weighted by Gasteiger charge is 2.14. The van der Waals surface area contributed by atoms with Crippen LogP contribution in [0.4, 0.5) is 11.4 Å². The van der Waals surface area contributed by atoms with Crippen LogP contribution in [0.2, 0.25) is 0 Å². The molecule has 2 rings (SSSR count). The second-order valence-electron chi connectivity index (χ2n) is 6.33. The number of anilines is 2. The number of rotatable bonds is 13. The van der Waals surface area contributed by atoms with Gasteiger partial charge in [0.2, 0.25) is 5.75 Å². The highest BCUT2D eigenvalue weighted by atomic mass is 16.5. The molecule has 2 aromatic rings. The minimum atomic E-state index is -1.08. The van der Waals surface area contributed by atoms with Crippen molar-refractivity contribution < 1.29 is 34.3 Å². The van der Waals surface area contributed by atoms with Crippen molar-refractivity contribution in [2.75, 3.05) is 38.9 Å². The molecule has 2 aromatic carbocycles. The van der Waals surface area contributed by atoms with Crippen molar-refractivity contribution in [3.05, 3.63) is 42.0 Å². The van der Waals surface area contributed by atoms with Crippen LogP contribution in [-0.4, -0.2) is 54.8 Å². The highest BCUT2D eigenvalue weighted by molar-refractivity contribution is 5.95. The Balaban J connectivity index is 1.86. The molecule has 0 saturated carbocycles. The number of phenolic OH excluding ortho intramolecular Hbond substituents is 2. The van der Waals surface area contributed by atoms with Gasteiger partial charge in [-0.05, 0) is 31.4 Å². The molecule has 0 unspecified atom stereocenters. The van der Waals surface area contributed by atoms with Crippen molar-refractivity contribution in [2.45, 2.75) is 19.3 Å². The van der Waals surface area contributed by atoms with Crippen molar-refractivity contribution in [2.24, 2.45) is 0 Å². The summed E-state index contributed by atoms with van der Waals surface area (Å²) >= 11 is 0. The molecule has 4 N–H and O–H groups in total. The van der Waals surface area contributed by atoms with Crippen LogP contribution in [-0.2, 0) is 9.47 Å². The number of benzene rings is 2. The maximum absolute atomic E-state index is 11.3. The van der Waals surface area contributed by atoms with Crippen LogP contribution in [0.5, 0.6) is 17.2 Å². The van der Waals surface area contributed by atoms with Gasteiger partial charge in [-0.1, -0.05) is 12.1 Å². The summed E-state index contributed by atoms with van der Waals surface area (Å²) < 4.78 is 15.8. The number of phenols is 2. The Labute approximate surface area is 169 Å². The number of methoxy groups -OCH3 is 1. The topological polar surface area (TPSA) is 117 Å². The van der Waals surface area contributed by atoms with E-state index in [-0.39, 0.29) is 22.8 Å². The average Bonchev–Trinajstić information content (AvgIpc) is 2.68. The molecule has 158 valence electrons. The molecule has 0 spiro atoms. The first-order chi connectivity index (χ1) is 14.0. The van der Waals surface area contributed by atoms with Gasteiger partial charge in [0.25, 0.3) is 0 Å². The lowest BCUT2D eigenvalue weighted by molar-refractivity contribution is 0.0682. The first kappa shape index (κ1) is 22.3. The third-order valence-corrected chi connectivity index (χ3v) is 4.10. The number of carbonyl (C=O) groups is 1. The average molecular weight is 405 g/mol. The second-order valence-corrected chi connectivity index (χ2v) is 6.33. The molecular formula is C21H27NO7. The summed E-state index contributed by atoms with van der Waals surface area (Å²) in [4.78, 5) is 11.3. The quantitative estimate of drug-likeness (QED) is 0.372. The fourth-order valence-electron chi connectivity index (χ4n) is 2.65. The first-order valence-corrected chi connectivity index (χ1v) is 9.37. The normalized spacial score (nSPS) is 10.7. The number of unbranched alkanes of at least 4 members (excludes halogenated alkanes) is 2. The fourth-order valence-corrected chi connectivity index (χ4v) is 2.65. The van der Waals surface area contributed by atoms with E-state index in [1.54, 1.807) is 25.3 Å². The number of ether oxygens (including phenoxy) is 3. The molecule has 0 radical (unpaired) electrons. The van der Waals surface area contributed by atoms with Gasteiger partial charge in [0, 0.05) is 31.5 Å². The van der Waals surface area contributed by atoms with E-state index < -0.39 is 5.97 Å². The number of carboxylic acid groups (broad SMARTS) is 1. The number of aromatic hydroxyl groups is 2. The summed E-state index contributed by atoms with van der Waals surface area (Å²) in [6.45, 7) is 2.15. The van der Waals surface area contributed by atoms with Crippen molar-refractivity contribution >= 4 is 17.3 Å². The summed E-state index contributed by atoms with van der Waals surface area (Å²) in [6, 6.07) is 9.11. The van der Waals surface area contributed by atoms with E-state index in [1.807, 2.05) is 0 Å². The van der Waals surface area contributed by atoms with Gasteiger partial charge in [-0.3, -0.25) is 0 Å². The summed E-state index contributed by atoms with van der Waals surface area (Å²) in [6.07, 6.45) is 2.52. The molecule has 8 heteroatoms. The Morgan fingerprint density at radius 1 is 0.966 bits per heavy atom. The second kappa shape index (κ2) is 11.8. The zero-order valence-electron chi connectivity index (χ0n) is 16.4. The van der Waals surface area contributed by atoms with Gasteiger partial charge >= 0.3 is 5.97 Å². The molecule has 0 aliphatic rings. The van der Waals surface area contributed by atoms with Gasteiger partial charge in [-0.2, -0.15) is 0 Å². The number of carboxylic acids is 1. The van der Waals surface area contributed by atoms with Crippen LogP contribution in [0.3, 0.4) is 0 Å². The standard InChI is InChI=1S/C21H27NO7/c1-27-11-12-28-9-5-2-6-10-29-20-18(23)13-15(14-19(20)24)22-17-8-4-3-7-16(17)21(25)26/h3-4,7-8,13-14,22-24H,2,5-6,9-12H2,1H3,(H,25,26). The fraction of sp³-hybridized carbons (Fsp3) is 0.381. The van der Waals surface area contributed by atoms with Crippen molar-refractivity contribution in [1.82, 2.24) is 0 Å². The summed E-state index contributed by atoms with van der Waals surface area (Å²) in [7, 11) is 1.63. The van der Waals surface area contributed by atoms with Crippen LogP contribution in [0.1, 0.15) is 29.6 Å². The molecule has 0 bridgehead atoms. The summed E-state index contributed by atoms with van der Waals surface area (Å²) in [5.41, 5.74) is 0.771. The molecule has 0 saturated heterocycles. The van der Waals surface area contributed by atoms with Crippen molar-refractivity contribution in [3.63, 3.8) is 0 Å². The molecule has 0 fully saturated rings. The van der Waals surface area contributed by atoms with Gasteiger partial charge in [0.1, 0.15) is 0 Å². The van der Waals surface area contributed by atoms with Crippen LogP contribution in [0.25, 0.3) is 0 Å². The first-order valence-electron chi connectivity index (χ1n) is 9.37. The SMILES string of the molecule is COCCOCCCCCOc1c(O)cc(Nc2ccccc2C(=O)O)cc1O. The number of hydrogen-bond donors (Lipinski definition) is 4. The lowest BCUT2D eigenvalue weighted by Gasteiger charge is -2.14. The van der Waals surface area contributed by atoms with Gasteiger partial charge in [-0.15, -0.1) is 0 Å². The largest absolute Gasteiger partial charge is 0.504 e. The van der Waals surface area contributed by atoms with E-state index in [2.05, 4.69) is 5.32 Å². The maximum Gasteiger partial charge on any atom is 0.337 e. The summed E-state index contributed by atoms with van der Waals surface area (Å²) in [5.74, 6) is -1.55. The van der Waals surface area contributed by atoms with Gasteiger partial charge in [-0.25, -0.2) is 4.79 Å². The molecular weight excluding hydrogens is 378 g/mol. The third kappa shape index (κ3) is 7.17. The molecule has 0 aliphatic carbocycles. The lowest BCUT2D eigenvalue weighted by atomic mass is 10.1. The Bertz CT molecular complexity index is 771. The zero-order valence-corrected chi connectivity index (χ0v) is 16.4. The molecule has 29 heavy (non-hydrogen) atoms. The molecule has 8 nitrogen and oxygen atoms in total. The van der Waals surface area contributed by atoms with E-state index in [1.165, 1.54) is 18.2 Å². The lowest BCUT2D eigenvalue weighted by Crippen LogP contribution is -2.04. The maximum atomic E-state index is 11.3. The van der Waals surface area contributed by atoms with Gasteiger partial charge in [0.15, 0.2) is 11.5 Å². The van der Waals surface area contributed by atoms with E-state index in [0.29, 0.717) is 37.8 Å². The minimum Gasteiger partial charge on any atom is -0.504 e. The molecule has 0 atom stereocenters. The van der Waals surface area contributed by atoms with E-state index in [4.69, 9.17) is 14.2 Å². The Morgan fingerprint density at radius 2 is 1.66 bits per heavy atom. The zero-order chi connectivity index (χ0) is 21.1.